The van der Waals surface area contributed by atoms with Crippen LogP contribution >= 0.6 is 11.6 Å². The molecule has 0 saturated carbocycles. The standard InChI is InChI=1S/C13H10ClNO3/c1-8-3-2-4-10(5-8)15-7-9(14)6-11(12(15)16)13(17)18/h2-7H,1H3,(H,17,18). The van der Waals surface area contributed by atoms with E-state index < -0.39 is 11.5 Å². The molecular formula is C13H10ClNO3. The van der Waals surface area contributed by atoms with Crippen LogP contribution in [-0.2, 0) is 0 Å². The maximum Gasteiger partial charge on any atom is 0.341 e. The van der Waals surface area contributed by atoms with Gasteiger partial charge in [-0.25, -0.2) is 4.79 Å². The molecule has 0 unspecified atom stereocenters. The van der Waals surface area contributed by atoms with Crippen LogP contribution in [0.2, 0.25) is 5.02 Å². The van der Waals surface area contributed by atoms with Gasteiger partial charge in [-0.2, -0.15) is 0 Å². The molecule has 18 heavy (non-hydrogen) atoms. The Bertz CT molecular complexity index is 676. The minimum atomic E-state index is -1.29. The summed E-state index contributed by atoms with van der Waals surface area (Å²) in [7, 11) is 0. The van der Waals surface area contributed by atoms with Gasteiger partial charge in [0.05, 0.1) is 5.02 Å². The van der Waals surface area contributed by atoms with Crippen LogP contribution in [0.3, 0.4) is 0 Å². The number of aromatic carboxylic acids is 1. The third kappa shape index (κ3) is 2.28. The number of carboxylic acids is 1. The summed E-state index contributed by atoms with van der Waals surface area (Å²) in [6.07, 6.45) is 1.41. The van der Waals surface area contributed by atoms with E-state index in [4.69, 9.17) is 16.7 Å². The summed E-state index contributed by atoms with van der Waals surface area (Å²) in [5.74, 6) is -1.29. The lowest BCUT2D eigenvalue weighted by Crippen LogP contribution is -2.24. The molecule has 0 radical (unpaired) electrons. The van der Waals surface area contributed by atoms with Crippen LogP contribution < -0.4 is 5.56 Å². The number of pyridine rings is 1. The zero-order chi connectivity index (χ0) is 13.3. The fraction of sp³-hybridized carbons (Fsp3) is 0.0769. The first-order valence-corrected chi connectivity index (χ1v) is 5.59. The Morgan fingerprint density at radius 2 is 2.06 bits per heavy atom. The average molecular weight is 264 g/mol. The number of hydrogen-bond donors (Lipinski definition) is 1. The Hall–Kier alpha value is -2.07. The summed E-state index contributed by atoms with van der Waals surface area (Å²) in [6.45, 7) is 1.89. The average Bonchev–Trinajstić information content (AvgIpc) is 2.31. The van der Waals surface area contributed by atoms with Crippen molar-refractivity contribution in [2.45, 2.75) is 6.92 Å². The van der Waals surface area contributed by atoms with Crippen molar-refractivity contribution in [3.8, 4) is 5.69 Å². The SMILES string of the molecule is Cc1cccc(-n2cc(Cl)cc(C(=O)O)c2=O)c1. The van der Waals surface area contributed by atoms with Gasteiger partial charge in [0.25, 0.3) is 5.56 Å². The van der Waals surface area contributed by atoms with Gasteiger partial charge in [-0.05, 0) is 30.7 Å². The van der Waals surface area contributed by atoms with E-state index in [9.17, 15) is 9.59 Å². The van der Waals surface area contributed by atoms with Crippen LogP contribution in [0.15, 0.2) is 41.3 Å². The van der Waals surface area contributed by atoms with E-state index >= 15 is 0 Å². The molecule has 4 nitrogen and oxygen atoms in total. The smallest absolute Gasteiger partial charge is 0.341 e. The summed E-state index contributed by atoms with van der Waals surface area (Å²) in [6, 6.07) is 8.33. The first-order chi connectivity index (χ1) is 8.49. The number of benzene rings is 1. The monoisotopic (exact) mass is 263 g/mol. The summed E-state index contributed by atoms with van der Waals surface area (Å²) >= 11 is 5.83. The molecule has 0 spiro atoms. The topological polar surface area (TPSA) is 59.3 Å². The molecule has 5 heteroatoms. The number of halogens is 1. The Balaban J connectivity index is 2.72. The van der Waals surface area contributed by atoms with E-state index in [-0.39, 0.29) is 10.6 Å². The number of aromatic nitrogens is 1. The Morgan fingerprint density at radius 1 is 1.33 bits per heavy atom. The molecule has 0 saturated heterocycles. The van der Waals surface area contributed by atoms with Gasteiger partial charge in [0.1, 0.15) is 5.56 Å². The van der Waals surface area contributed by atoms with E-state index in [1.165, 1.54) is 10.8 Å². The molecule has 0 amide bonds. The van der Waals surface area contributed by atoms with Gasteiger partial charge in [-0.1, -0.05) is 23.7 Å². The lowest BCUT2D eigenvalue weighted by Gasteiger charge is -2.08. The Morgan fingerprint density at radius 3 is 2.67 bits per heavy atom. The van der Waals surface area contributed by atoms with E-state index in [1.807, 2.05) is 13.0 Å². The van der Waals surface area contributed by atoms with Gasteiger partial charge >= 0.3 is 5.97 Å². The van der Waals surface area contributed by atoms with E-state index in [2.05, 4.69) is 0 Å². The van der Waals surface area contributed by atoms with Crippen LogP contribution in [0.4, 0.5) is 0 Å². The number of nitrogens with zero attached hydrogens (tertiary/aromatic N) is 1. The molecule has 0 aliphatic rings. The zero-order valence-corrected chi connectivity index (χ0v) is 10.3. The van der Waals surface area contributed by atoms with Crippen molar-refractivity contribution < 1.29 is 9.90 Å². The molecule has 92 valence electrons. The van der Waals surface area contributed by atoms with Crippen molar-refractivity contribution in [2.24, 2.45) is 0 Å². The third-order valence-corrected chi connectivity index (χ3v) is 2.70. The predicted molar refractivity (Wildman–Crippen MR) is 68.7 cm³/mol. The summed E-state index contributed by atoms with van der Waals surface area (Å²) < 4.78 is 1.23. The summed E-state index contributed by atoms with van der Waals surface area (Å²) in [5, 5.41) is 9.15. The molecule has 2 aromatic rings. The number of carboxylic acid groups (broad SMARTS) is 1. The normalized spacial score (nSPS) is 10.3. The Kier molecular flexibility index (Phi) is 3.21. The van der Waals surface area contributed by atoms with Crippen LogP contribution in [0.25, 0.3) is 5.69 Å². The molecule has 1 heterocycles. The minimum absolute atomic E-state index is 0.202. The maximum atomic E-state index is 12.0. The fourth-order valence-corrected chi connectivity index (χ4v) is 1.88. The van der Waals surface area contributed by atoms with Crippen LogP contribution in [0, 0.1) is 6.92 Å². The first kappa shape index (κ1) is 12.4. The second-order valence-electron chi connectivity index (χ2n) is 3.89. The van der Waals surface area contributed by atoms with Gasteiger partial charge in [-0.3, -0.25) is 9.36 Å². The van der Waals surface area contributed by atoms with Crippen molar-refractivity contribution in [1.82, 2.24) is 4.57 Å². The van der Waals surface area contributed by atoms with Crippen LogP contribution in [0.5, 0.6) is 0 Å². The number of hydrogen-bond acceptors (Lipinski definition) is 2. The van der Waals surface area contributed by atoms with Crippen LogP contribution in [0.1, 0.15) is 15.9 Å². The summed E-state index contributed by atoms with van der Waals surface area (Å²) in [4.78, 5) is 23.0. The highest BCUT2D eigenvalue weighted by molar-refractivity contribution is 6.30. The molecule has 2 rings (SSSR count). The van der Waals surface area contributed by atoms with Gasteiger partial charge in [0, 0.05) is 11.9 Å². The third-order valence-electron chi connectivity index (χ3n) is 2.49. The molecule has 0 atom stereocenters. The summed E-state index contributed by atoms with van der Waals surface area (Å²) in [5.41, 5.74) is 0.614. The van der Waals surface area contributed by atoms with Crippen molar-refractivity contribution in [1.29, 1.82) is 0 Å². The lowest BCUT2D eigenvalue weighted by atomic mass is 10.2. The van der Waals surface area contributed by atoms with Crippen molar-refractivity contribution in [3.05, 3.63) is 63.0 Å². The molecule has 1 aromatic carbocycles. The number of rotatable bonds is 2. The quantitative estimate of drug-likeness (QED) is 0.906. The molecule has 0 fully saturated rings. The van der Waals surface area contributed by atoms with Gasteiger partial charge in [0.2, 0.25) is 0 Å². The zero-order valence-electron chi connectivity index (χ0n) is 9.55. The number of aryl methyl sites for hydroxylation is 1. The highest BCUT2D eigenvalue weighted by atomic mass is 35.5. The van der Waals surface area contributed by atoms with E-state index in [0.717, 1.165) is 11.6 Å². The van der Waals surface area contributed by atoms with Gasteiger partial charge < -0.3 is 5.11 Å². The van der Waals surface area contributed by atoms with Crippen molar-refractivity contribution >= 4 is 17.6 Å². The molecule has 1 aromatic heterocycles. The highest BCUT2D eigenvalue weighted by Gasteiger charge is 2.13. The van der Waals surface area contributed by atoms with Gasteiger partial charge in [-0.15, -0.1) is 0 Å². The van der Waals surface area contributed by atoms with Crippen molar-refractivity contribution in [2.75, 3.05) is 0 Å². The minimum Gasteiger partial charge on any atom is -0.477 e. The molecule has 0 bridgehead atoms. The Labute approximate surface area is 108 Å². The van der Waals surface area contributed by atoms with Crippen LogP contribution in [-0.4, -0.2) is 15.6 Å². The maximum absolute atomic E-state index is 12.0. The molecular weight excluding hydrogens is 254 g/mol. The molecule has 0 aliphatic carbocycles. The molecule has 0 aliphatic heterocycles. The highest BCUT2D eigenvalue weighted by Crippen LogP contribution is 2.13. The second kappa shape index (κ2) is 4.66. The van der Waals surface area contributed by atoms with Crippen molar-refractivity contribution in [3.63, 3.8) is 0 Å². The predicted octanol–water partition coefficient (Wildman–Crippen LogP) is 2.50. The first-order valence-electron chi connectivity index (χ1n) is 5.21. The largest absolute Gasteiger partial charge is 0.477 e. The van der Waals surface area contributed by atoms with Gasteiger partial charge in [0.15, 0.2) is 0 Å². The van der Waals surface area contributed by atoms with E-state index in [1.54, 1.807) is 18.2 Å². The lowest BCUT2D eigenvalue weighted by molar-refractivity contribution is 0.0694. The van der Waals surface area contributed by atoms with E-state index in [0.29, 0.717) is 5.69 Å². The fourth-order valence-electron chi connectivity index (χ4n) is 1.67. The second-order valence-corrected chi connectivity index (χ2v) is 4.33. The molecule has 1 N–H and O–H groups in total. The number of carbonyl (C=O) groups is 1.